The molecule has 18 heavy (non-hydrogen) atoms. The Bertz CT molecular complexity index is 385. The molecule has 0 aliphatic heterocycles. The van der Waals surface area contributed by atoms with Crippen molar-refractivity contribution in [2.45, 2.75) is 45.7 Å². The molecule has 0 saturated heterocycles. The fraction of sp³-hybridized carbons (Fsp3) is 0.533. The lowest BCUT2D eigenvalue weighted by molar-refractivity contribution is -0.127. The van der Waals surface area contributed by atoms with Gasteiger partial charge in [-0.15, -0.1) is 0 Å². The summed E-state index contributed by atoms with van der Waals surface area (Å²) in [6.07, 6.45) is 0.911. The first-order valence-corrected chi connectivity index (χ1v) is 6.55. The summed E-state index contributed by atoms with van der Waals surface area (Å²) in [4.78, 5) is 12.3. The van der Waals surface area contributed by atoms with E-state index >= 15 is 0 Å². The zero-order valence-corrected chi connectivity index (χ0v) is 11.7. The zero-order chi connectivity index (χ0) is 13.8. The molecule has 0 aliphatic rings. The van der Waals surface area contributed by atoms with E-state index in [0.29, 0.717) is 5.92 Å². The van der Waals surface area contributed by atoms with Crippen molar-refractivity contribution >= 4 is 5.91 Å². The number of hydrogen-bond acceptors (Lipinski definition) is 2. The Balaban J connectivity index is 2.83. The first-order chi connectivity index (χ1) is 8.39. The van der Waals surface area contributed by atoms with Gasteiger partial charge in [0.25, 0.3) is 0 Å². The molecule has 0 bridgehead atoms. The minimum absolute atomic E-state index is 0.116. The molecule has 1 aromatic rings. The molecule has 3 N–H and O–H groups in total. The van der Waals surface area contributed by atoms with Crippen LogP contribution in [0.4, 0.5) is 0 Å². The Hall–Kier alpha value is -1.35. The number of amides is 1. The monoisotopic (exact) mass is 248 g/mol. The van der Waals surface area contributed by atoms with E-state index in [2.05, 4.69) is 26.1 Å². The van der Waals surface area contributed by atoms with Gasteiger partial charge in [-0.2, -0.15) is 0 Å². The predicted molar refractivity (Wildman–Crippen MR) is 75.0 cm³/mol. The molecular formula is C15H24N2O. The standard InChI is InChI=1S/C15H24N2O/c1-5-13(11(2)3)17-14(18)15(4,16)12-9-7-6-8-10-12/h6-11,13H,5,16H2,1-4H3,(H,17,18). The zero-order valence-electron chi connectivity index (χ0n) is 11.7. The van der Waals surface area contributed by atoms with Crippen LogP contribution in [-0.2, 0) is 10.3 Å². The second-order valence-corrected chi connectivity index (χ2v) is 5.30. The molecule has 1 amide bonds. The lowest BCUT2D eigenvalue weighted by atomic mass is 9.91. The molecule has 100 valence electrons. The Morgan fingerprint density at radius 3 is 2.33 bits per heavy atom. The number of hydrogen-bond donors (Lipinski definition) is 2. The van der Waals surface area contributed by atoms with Crippen molar-refractivity contribution in [1.29, 1.82) is 0 Å². The second kappa shape index (κ2) is 6.01. The summed E-state index contributed by atoms with van der Waals surface area (Å²) in [5.74, 6) is 0.291. The molecule has 1 aromatic carbocycles. The van der Waals surface area contributed by atoms with Gasteiger partial charge in [0.15, 0.2) is 0 Å². The smallest absolute Gasteiger partial charge is 0.244 e. The third-order valence-electron chi connectivity index (χ3n) is 3.41. The van der Waals surface area contributed by atoms with Crippen LogP contribution in [0.15, 0.2) is 30.3 Å². The van der Waals surface area contributed by atoms with Crippen LogP contribution >= 0.6 is 0 Å². The van der Waals surface area contributed by atoms with Crippen LogP contribution in [0.5, 0.6) is 0 Å². The lowest BCUT2D eigenvalue weighted by Crippen LogP contribution is -2.52. The minimum atomic E-state index is -0.983. The van der Waals surface area contributed by atoms with Gasteiger partial charge in [-0.1, -0.05) is 51.1 Å². The number of rotatable bonds is 5. The van der Waals surface area contributed by atoms with Crippen LogP contribution < -0.4 is 11.1 Å². The lowest BCUT2D eigenvalue weighted by Gasteiger charge is -2.29. The highest BCUT2D eigenvalue weighted by Crippen LogP contribution is 2.18. The van der Waals surface area contributed by atoms with Gasteiger partial charge in [0, 0.05) is 6.04 Å². The van der Waals surface area contributed by atoms with Crippen LogP contribution in [0.2, 0.25) is 0 Å². The molecule has 0 aromatic heterocycles. The summed E-state index contributed by atoms with van der Waals surface area (Å²) in [6.45, 7) is 8.03. The fourth-order valence-corrected chi connectivity index (χ4v) is 1.97. The molecule has 1 rings (SSSR count). The highest BCUT2D eigenvalue weighted by atomic mass is 16.2. The molecule has 2 unspecified atom stereocenters. The highest BCUT2D eigenvalue weighted by molar-refractivity contribution is 5.87. The molecule has 3 heteroatoms. The van der Waals surface area contributed by atoms with E-state index in [9.17, 15) is 4.79 Å². The SMILES string of the molecule is CCC(NC(=O)C(C)(N)c1ccccc1)C(C)C. The number of carbonyl (C=O) groups excluding carboxylic acids is 1. The number of nitrogens with two attached hydrogens (primary N) is 1. The van der Waals surface area contributed by atoms with Gasteiger partial charge < -0.3 is 11.1 Å². The Labute approximate surface area is 110 Å². The van der Waals surface area contributed by atoms with Gasteiger partial charge in [0.2, 0.25) is 5.91 Å². The summed E-state index contributed by atoms with van der Waals surface area (Å²) in [5, 5.41) is 3.04. The molecule has 3 nitrogen and oxygen atoms in total. The van der Waals surface area contributed by atoms with E-state index in [1.165, 1.54) is 0 Å². The quantitative estimate of drug-likeness (QED) is 0.840. The molecule has 0 saturated carbocycles. The van der Waals surface area contributed by atoms with Crippen molar-refractivity contribution < 1.29 is 4.79 Å². The maximum Gasteiger partial charge on any atom is 0.244 e. The van der Waals surface area contributed by atoms with Gasteiger partial charge in [0.05, 0.1) is 0 Å². The van der Waals surface area contributed by atoms with E-state index in [-0.39, 0.29) is 11.9 Å². The van der Waals surface area contributed by atoms with E-state index < -0.39 is 5.54 Å². The topological polar surface area (TPSA) is 55.1 Å². The van der Waals surface area contributed by atoms with Crippen LogP contribution in [0.1, 0.15) is 39.7 Å². The van der Waals surface area contributed by atoms with Gasteiger partial charge in [-0.05, 0) is 24.8 Å². The van der Waals surface area contributed by atoms with Crippen LogP contribution in [0.25, 0.3) is 0 Å². The Morgan fingerprint density at radius 2 is 1.89 bits per heavy atom. The van der Waals surface area contributed by atoms with E-state index in [0.717, 1.165) is 12.0 Å². The van der Waals surface area contributed by atoms with Gasteiger partial charge in [-0.25, -0.2) is 0 Å². The van der Waals surface area contributed by atoms with Crippen LogP contribution in [-0.4, -0.2) is 11.9 Å². The van der Waals surface area contributed by atoms with Crippen LogP contribution in [0.3, 0.4) is 0 Å². The molecular weight excluding hydrogens is 224 g/mol. The molecule has 0 fully saturated rings. The van der Waals surface area contributed by atoms with Crippen molar-refractivity contribution in [3.63, 3.8) is 0 Å². The number of carbonyl (C=O) groups is 1. The first-order valence-electron chi connectivity index (χ1n) is 6.55. The van der Waals surface area contributed by atoms with Gasteiger partial charge >= 0.3 is 0 Å². The molecule has 0 aliphatic carbocycles. The van der Waals surface area contributed by atoms with Crippen molar-refractivity contribution in [2.24, 2.45) is 11.7 Å². The van der Waals surface area contributed by atoms with Gasteiger partial charge in [0.1, 0.15) is 5.54 Å². The van der Waals surface area contributed by atoms with Crippen LogP contribution in [0, 0.1) is 5.92 Å². The third-order valence-corrected chi connectivity index (χ3v) is 3.41. The van der Waals surface area contributed by atoms with Crippen molar-refractivity contribution in [1.82, 2.24) is 5.32 Å². The van der Waals surface area contributed by atoms with E-state index in [1.807, 2.05) is 30.3 Å². The van der Waals surface area contributed by atoms with E-state index in [4.69, 9.17) is 5.73 Å². The van der Waals surface area contributed by atoms with Crippen molar-refractivity contribution in [2.75, 3.05) is 0 Å². The predicted octanol–water partition coefficient (Wildman–Crippen LogP) is 2.41. The third kappa shape index (κ3) is 3.33. The molecule has 0 spiro atoms. The molecule has 2 atom stereocenters. The average molecular weight is 248 g/mol. The summed E-state index contributed by atoms with van der Waals surface area (Å²) in [6, 6.07) is 9.65. The molecule has 0 radical (unpaired) electrons. The second-order valence-electron chi connectivity index (χ2n) is 5.30. The number of nitrogens with one attached hydrogen (secondary N) is 1. The van der Waals surface area contributed by atoms with Gasteiger partial charge in [-0.3, -0.25) is 4.79 Å². The average Bonchev–Trinajstić information content (AvgIpc) is 2.36. The normalized spacial score (nSPS) is 16.1. The summed E-state index contributed by atoms with van der Waals surface area (Å²) in [5.41, 5.74) is 6.02. The largest absolute Gasteiger partial charge is 0.351 e. The summed E-state index contributed by atoms with van der Waals surface area (Å²) in [7, 11) is 0. The number of benzene rings is 1. The highest BCUT2D eigenvalue weighted by Gasteiger charge is 2.31. The maximum atomic E-state index is 12.3. The Morgan fingerprint density at radius 1 is 1.33 bits per heavy atom. The Kier molecular flexibility index (Phi) is 4.91. The molecule has 0 heterocycles. The summed E-state index contributed by atoms with van der Waals surface area (Å²) < 4.78 is 0. The minimum Gasteiger partial charge on any atom is -0.351 e. The fourth-order valence-electron chi connectivity index (χ4n) is 1.97. The maximum absolute atomic E-state index is 12.3. The van der Waals surface area contributed by atoms with Crippen molar-refractivity contribution in [3.05, 3.63) is 35.9 Å². The summed E-state index contributed by atoms with van der Waals surface area (Å²) >= 11 is 0. The first kappa shape index (κ1) is 14.7. The van der Waals surface area contributed by atoms with E-state index in [1.54, 1.807) is 6.92 Å². The van der Waals surface area contributed by atoms with Crippen molar-refractivity contribution in [3.8, 4) is 0 Å².